The SMILES string of the molecule is CC(C)CN(C)C(=O)c1cccnc1F. The second-order valence-corrected chi connectivity index (χ2v) is 3.92. The Labute approximate surface area is 88.9 Å². The maximum absolute atomic E-state index is 13.2. The third-order valence-corrected chi connectivity index (χ3v) is 1.98. The van der Waals surface area contributed by atoms with Crippen molar-refractivity contribution in [2.45, 2.75) is 13.8 Å². The normalized spacial score (nSPS) is 10.5. The van der Waals surface area contributed by atoms with E-state index in [-0.39, 0.29) is 11.5 Å². The first kappa shape index (κ1) is 11.6. The van der Waals surface area contributed by atoms with Gasteiger partial charge in [-0.1, -0.05) is 13.8 Å². The van der Waals surface area contributed by atoms with Gasteiger partial charge in [-0.2, -0.15) is 4.39 Å². The van der Waals surface area contributed by atoms with Crippen molar-refractivity contribution in [2.75, 3.05) is 13.6 Å². The van der Waals surface area contributed by atoms with Gasteiger partial charge >= 0.3 is 0 Å². The molecule has 82 valence electrons. The van der Waals surface area contributed by atoms with Crippen molar-refractivity contribution in [3.05, 3.63) is 29.8 Å². The zero-order chi connectivity index (χ0) is 11.4. The summed E-state index contributed by atoms with van der Waals surface area (Å²) in [6.07, 6.45) is 1.33. The number of aromatic nitrogens is 1. The zero-order valence-corrected chi connectivity index (χ0v) is 9.20. The molecule has 1 heterocycles. The lowest BCUT2D eigenvalue weighted by molar-refractivity contribution is 0.0773. The number of pyridine rings is 1. The summed E-state index contributed by atoms with van der Waals surface area (Å²) >= 11 is 0. The average Bonchev–Trinajstić information content (AvgIpc) is 2.16. The number of halogens is 1. The Kier molecular flexibility index (Phi) is 3.77. The number of nitrogens with zero attached hydrogens (tertiary/aromatic N) is 2. The summed E-state index contributed by atoms with van der Waals surface area (Å²) in [6, 6.07) is 3.00. The zero-order valence-electron chi connectivity index (χ0n) is 9.20. The summed E-state index contributed by atoms with van der Waals surface area (Å²) < 4.78 is 13.2. The van der Waals surface area contributed by atoms with E-state index in [4.69, 9.17) is 0 Å². The Morgan fingerprint density at radius 2 is 2.27 bits per heavy atom. The summed E-state index contributed by atoms with van der Waals surface area (Å²) in [6.45, 7) is 4.61. The second-order valence-electron chi connectivity index (χ2n) is 3.92. The Balaban J connectivity index is 2.81. The third kappa shape index (κ3) is 3.01. The molecule has 0 saturated carbocycles. The van der Waals surface area contributed by atoms with Gasteiger partial charge in [0.2, 0.25) is 5.95 Å². The number of hydrogen-bond donors (Lipinski definition) is 0. The van der Waals surface area contributed by atoms with E-state index in [0.717, 1.165) is 0 Å². The maximum atomic E-state index is 13.2. The molecule has 1 aromatic heterocycles. The van der Waals surface area contributed by atoms with E-state index >= 15 is 0 Å². The molecule has 0 aromatic carbocycles. The summed E-state index contributed by atoms with van der Waals surface area (Å²) in [5, 5.41) is 0. The van der Waals surface area contributed by atoms with Crippen LogP contribution in [0, 0.1) is 11.9 Å². The summed E-state index contributed by atoms with van der Waals surface area (Å²) in [4.78, 5) is 16.7. The van der Waals surface area contributed by atoms with Crippen molar-refractivity contribution >= 4 is 5.91 Å². The molecule has 0 saturated heterocycles. The van der Waals surface area contributed by atoms with Crippen molar-refractivity contribution in [2.24, 2.45) is 5.92 Å². The molecule has 3 nitrogen and oxygen atoms in total. The van der Waals surface area contributed by atoms with Gasteiger partial charge in [-0.15, -0.1) is 0 Å². The highest BCUT2D eigenvalue weighted by atomic mass is 19.1. The van der Waals surface area contributed by atoms with Crippen LogP contribution in [0.3, 0.4) is 0 Å². The second kappa shape index (κ2) is 4.87. The summed E-state index contributed by atoms with van der Waals surface area (Å²) in [5.74, 6) is -0.675. The van der Waals surface area contributed by atoms with Crippen molar-refractivity contribution in [1.82, 2.24) is 9.88 Å². The van der Waals surface area contributed by atoms with Crippen LogP contribution in [-0.2, 0) is 0 Å². The van der Waals surface area contributed by atoms with Crippen molar-refractivity contribution in [3.63, 3.8) is 0 Å². The Hall–Kier alpha value is -1.45. The molecule has 0 aliphatic heterocycles. The first-order valence-electron chi connectivity index (χ1n) is 4.88. The highest BCUT2D eigenvalue weighted by molar-refractivity contribution is 5.93. The smallest absolute Gasteiger partial charge is 0.258 e. The van der Waals surface area contributed by atoms with Gasteiger partial charge in [-0.25, -0.2) is 4.98 Å². The minimum atomic E-state index is -0.710. The van der Waals surface area contributed by atoms with Crippen molar-refractivity contribution in [3.8, 4) is 0 Å². The number of amides is 1. The number of carbonyl (C=O) groups is 1. The van der Waals surface area contributed by atoms with Gasteiger partial charge in [-0.3, -0.25) is 4.79 Å². The molecule has 0 atom stereocenters. The molecule has 0 aliphatic rings. The lowest BCUT2D eigenvalue weighted by Crippen LogP contribution is -2.31. The van der Waals surface area contributed by atoms with Crippen LogP contribution in [0.2, 0.25) is 0 Å². The van der Waals surface area contributed by atoms with Crippen LogP contribution in [0.25, 0.3) is 0 Å². The van der Waals surface area contributed by atoms with Gasteiger partial charge in [-0.05, 0) is 18.1 Å². The lowest BCUT2D eigenvalue weighted by atomic mass is 10.2. The standard InChI is InChI=1S/C11H15FN2O/c1-8(2)7-14(3)11(15)9-5-4-6-13-10(9)12/h4-6,8H,7H2,1-3H3. The summed E-state index contributed by atoms with van der Waals surface area (Å²) in [7, 11) is 1.66. The first-order chi connectivity index (χ1) is 7.02. The highest BCUT2D eigenvalue weighted by Crippen LogP contribution is 2.07. The monoisotopic (exact) mass is 210 g/mol. The fourth-order valence-corrected chi connectivity index (χ4v) is 1.38. The molecule has 15 heavy (non-hydrogen) atoms. The third-order valence-electron chi connectivity index (χ3n) is 1.98. The number of hydrogen-bond acceptors (Lipinski definition) is 2. The van der Waals surface area contributed by atoms with Crippen LogP contribution >= 0.6 is 0 Å². The van der Waals surface area contributed by atoms with E-state index in [2.05, 4.69) is 4.98 Å². The van der Waals surface area contributed by atoms with Gasteiger partial charge < -0.3 is 4.90 Å². The van der Waals surface area contributed by atoms with E-state index in [1.807, 2.05) is 13.8 Å². The molecule has 0 bridgehead atoms. The van der Waals surface area contributed by atoms with Crippen molar-refractivity contribution in [1.29, 1.82) is 0 Å². The molecular formula is C11H15FN2O. The maximum Gasteiger partial charge on any atom is 0.258 e. The van der Waals surface area contributed by atoms with Crippen LogP contribution in [-0.4, -0.2) is 29.4 Å². The Morgan fingerprint density at radius 3 is 2.80 bits per heavy atom. The molecule has 1 amide bonds. The van der Waals surface area contributed by atoms with Crippen LogP contribution < -0.4 is 0 Å². The van der Waals surface area contributed by atoms with Crippen LogP contribution in [0.5, 0.6) is 0 Å². The Morgan fingerprint density at radius 1 is 1.60 bits per heavy atom. The molecular weight excluding hydrogens is 195 g/mol. The largest absolute Gasteiger partial charge is 0.341 e. The lowest BCUT2D eigenvalue weighted by Gasteiger charge is -2.19. The van der Waals surface area contributed by atoms with Gasteiger partial charge in [0, 0.05) is 19.8 Å². The van der Waals surface area contributed by atoms with E-state index in [0.29, 0.717) is 12.5 Å². The van der Waals surface area contributed by atoms with Crippen LogP contribution in [0.15, 0.2) is 18.3 Å². The number of rotatable bonds is 3. The molecule has 0 fully saturated rings. The predicted molar refractivity (Wildman–Crippen MR) is 56.0 cm³/mol. The molecule has 1 aromatic rings. The first-order valence-corrected chi connectivity index (χ1v) is 4.88. The van der Waals surface area contributed by atoms with Gasteiger partial charge in [0.1, 0.15) is 0 Å². The quantitative estimate of drug-likeness (QED) is 0.714. The minimum absolute atomic E-state index is 0.0284. The van der Waals surface area contributed by atoms with Gasteiger partial charge in [0.25, 0.3) is 5.91 Å². The molecule has 0 spiro atoms. The van der Waals surface area contributed by atoms with E-state index in [9.17, 15) is 9.18 Å². The van der Waals surface area contributed by atoms with Gasteiger partial charge in [0.05, 0.1) is 5.56 Å². The van der Waals surface area contributed by atoms with E-state index in [1.165, 1.54) is 17.2 Å². The predicted octanol–water partition coefficient (Wildman–Crippen LogP) is 1.95. The fraction of sp³-hybridized carbons (Fsp3) is 0.455. The molecule has 0 unspecified atom stereocenters. The molecule has 1 rings (SSSR count). The average molecular weight is 210 g/mol. The highest BCUT2D eigenvalue weighted by Gasteiger charge is 2.16. The van der Waals surface area contributed by atoms with Crippen molar-refractivity contribution < 1.29 is 9.18 Å². The van der Waals surface area contributed by atoms with Crippen LogP contribution in [0.4, 0.5) is 4.39 Å². The fourth-order valence-electron chi connectivity index (χ4n) is 1.38. The Bertz CT molecular complexity index is 352. The van der Waals surface area contributed by atoms with Gasteiger partial charge in [0.15, 0.2) is 0 Å². The summed E-state index contributed by atoms with van der Waals surface area (Å²) in [5.41, 5.74) is 0.0284. The number of carbonyl (C=O) groups excluding carboxylic acids is 1. The topological polar surface area (TPSA) is 33.2 Å². The van der Waals surface area contributed by atoms with E-state index < -0.39 is 5.95 Å². The molecule has 4 heteroatoms. The minimum Gasteiger partial charge on any atom is -0.341 e. The molecule has 0 N–H and O–H groups in total. The molecule has 0 radical (unpaired) electrons. The van der Waals surface area contributed by atoms with E-state index in [1.54, 1.807) is 13.1 Å². The van der Waals surface area contributed by atoms with Crippen LogP contribution in [0.1, 0.15) is 24.2 Å². The molecule has 0 aliphatic carbocycles.